The number of hydrogen-bond acceptors (Lipinski definition) is 8. The zero-order valence-electron chi connectivity index (χ0n) is 21.9. The van der Waals surface area contributed by atoms with Crippen LogP contribution >= 0.6 is 0 Å². The number of ketones is 1. The average molecular weight is 524 g/mol. The van der Waals surface area contributed by atoms with Gasteiger partial charge in [-0.2, -0.15) is 0 Å². The number of nitrogens with zero attached hydrogens (tertiary/aromatic N) is 3. The molecule has 2 aromatic heterocycles. The number of rotatable bonds is 9. The fourth-order valence-corrected chi connectivity index (χ4v) is 6.25. The van der Waals surface area contributed by atoms with Crippen LogP contribution in [-0.4, -0.2) is 56.2 Å². The predicted molar refractivity (Wildman–Crippen MR) is 142 cm³/mol. The largest absolute Gasteiger partial charge is 0.497 e. The first-order valence-electron chi connectivity index (χ1n) is 12.2. The predicted octanol–water partition coefficient (Wildman–Crippen LogP) is 4.37. The van der Waals surface area contributed by atoms with Crippen molar-refractivity contribution in [2.24, 2.45) is 5.92 Å². The molecule has 1 unspecified atom stereocenters. The maximum Gasteiger partial charge on any atom is 0.203 e. The Bertz CT molecular complexity index is 1400. The maximum absolute atomic E-state index is 13.3. The Hall–Kier alpha value is -3.46. The lowest BCUT2D eigenvalue weighted by Gasteiger charge is -2.33. The van der Waals surface area contributed by atoms with Gasteiger partial charge in [-0.15, -0.1) is 0 Å². The number of carbonyl (C=O) groups is 1. The van der Waals surface area contributed by atoms with E-state index in [1.54, 1.807) is 56.8 Å². The molecule has 1 saturated heterocycles. The van der Waals surface area contributed by atoms with Gasteiger partial charge < -0.3 is 14.4 Å². The van der Waals surface area contributed by atoms with Gasteiger partial charge in [0.05, 0.1) is 19.8 Å². The van der Waals surface area contributed by atoms with Crippen molar-refractivity contribution in [3.8, 4) is 11.5 Å². The molecule has 8 nitrogen and oxygen atoms in total. The summed E-state index contributed by atoms with van der Waals surface area (Å²) in [6.45, 7) is 7.15. The minimum Gasteiger partial charge on any atom is -0.497 e. The number of anilines is 1. The monoisotopic (exact) mass is 523 g/mol. The molecule has 9 heteroatoms. The third-order valence-electron chi connectivity index (χ3n) is 6.70. The summed E-state index contributed by atoms with van der Waals surface area (Å²) in [6, 6.07) is 13.5. The lowest BCUT2D eigenvalue weighted by molar-refractivity contribution is 0.102. The maximum atomic E-state index is 13.3. The SMILES string of the molecule is COc1ccc(OC)c(Cc2cccc(S(=O)(=O)CC(=O)c3cccnc3N3CC(C)CC3(C)C)n2)c1. The van der Waals surface area contributed by atoms with Gasteiger partial charge in [-0.05, 0) is 68.7 Å². The van der Waals surface area contributed by atoms with Crippen molar-refractivity contribution >= 4 is 21.4 Å². The summed E-state index contributed by atoms with van der Waals surface area (Å²) in [4.78, 5) is 24.3. The van der Waals surface area contributed by atoms with Crippen LogP contribution in [0.3, 0.4) is 0 Å². The van der Waals surface area contributed by atoms with Gasteiger partial charge in [0, 0.05) is 36.0 Å². The molecular weight excluding hydrogens is 490 g/mol. The smallest absolute Gasteiger partial charge is 0.203 e. The second-order valence-electron chi connectivity index (χ2n) is 10.1. The Kier molecular flexibility index (Phi) is 7.54. The quantitative estimate of drug-likeness (QED) is 0.382. The summed E-state index contributed by atoms with van der Waals surface area (Å²) in [5.41, 5.74) is 1.47. The summed E-state index contributed by atoms with van der Waals surface area (Å²) in [7, 11) is -0.846. The van der Waals surface area contributed by atoms with Gasteiger partial charge >= 0.3 is 0 Å². The first-order chi connectivity index (χ1) is 17.5. The number of pyridine rings is 2. The zero-order valence-corrected chi connectivity index (χ0v) is 22.7. The van der Waals surface area contributed by atoms with Crippen molar-refractivity contribution < 1.29 is 22.7 Å². The van der Waals surface area contributed by atoms with Crippen LogP contribution in [-0.2, 0) is 16.3 Å². The molecule has 37 heavy (non-hydrogen) atoms. The molecule has 0 radical (unpaired) electrons. The highest BCUT2D eigenvalue weighted by atomic mass is 32.2. The lowest BCUT2D eigenvalue weighted by atomic mass is 9.97. The molecule has 3 aromatic rings. The van der Waals surface area contributed by atoms with E-state index in [1.165, 1.54) is 6.07 Å². The highest BCUT2D eigenvalue weighted by molar-refractivity contribution is 7.92. The molecule has 0 aliphatic carbocycles. The van der Waals surface area contributed by atoms with E-state index >= 15 is 0 Å². The normalized spacial score (nSPS) is 17.0. The first kappa shape index (κ1) is 26.6. The second-order valence-corrected chi connectivity index (χ2v) is 12.0. The number of benzene rings is 1. The Morgan fingerprint density at radius 1 is 1.11 bits per heavy atom. The van der Waals surface area contributed by atoms with Crippen LogP contribution in [0, 0.1) is 5.92 Å². The fraction of sp³-hybridized carbons (Fsp3) is 0.393. The van der Waals surface area contributed by atoms with E-state index in [1.807, 2.05) is 6.07 Å². The topological polar surface area (TPSA) is 98.7 Å². The van der Waals surface area contributed by atoms with E-state index in [2.05, 4.69) is 35.6 Å². The van der Waals surface area contributed by atoms with Crippen LogP contribution < -0.4 is 14.4 Å². The van der Waals surface area contributed by atoms with E-state index in [0.29, 0.717) is 40.9 Å². The van der Waals surface area contributed by atoms with Crippen LogP contribution in [0.2, 0.25) is 0 Å². The molecule has 1 aliphatic rings. The number of methoxy groups -OCH3 is 2. The first-order valence-corrected chi connectivity index (χ1v) is 13.8. The third-order valence-corrected chi connectivity index (χ3v) is 8.20. The summed E-state index contributed by atoms with van der Waals surface area (Å²) in [6.07, 6.45) is 2.94. The van der Waals surface area contributed by atoms with E-state index in [9.17, 15) is 13.2 Å². The molecular formula is C28H33N3O5S. The van der Waals surface area contributed by atoms with Crippen LogP contribution in [0.15, 0.2) is 59.8 Å². The molecule has 1 aromatic carbocycles. The van der Waals surface area contributed by atoms with Crippen molar-refractivity contribution in [3.05, 3.63) is 71.5 Å². The van der Waals surface area contributed by atoms with Crippen LogP contribution in [0.25, 0.3) is 0 Å². The molecule has 0 amide bonds. The Morgan fingerprint density at radius 3 is 2.57 bits per heavy atom. The molecule has 0 spiro atoms. The third kappa shape index (κ3) is 5.77. The van der Waals surface area contributed by atoms with Crippen molar-refractivity contribution in [2.45, 2.75) is 44.2 Å². The van der Waals surface area contributed by atoms with Crippen molar-refractivity contribution in [1.29, 1.82) is 0 Å². The molecule has 1 atom stereocenters. The number of sulfone groups is 1. The lowest BCUT2D eigenvalue weighted by Crippen LogP contribution is -2.39. The van der Waals surface area contributed by atoms with E-state index < -0.39 is 21.4 Å². The summed E-state index contributed by atoms with van der Waals surface area (Å²) < 4.78 is 37.3. The number of aromatic nitrogens is 2. The molecule has 1 fully saturated rings. The average Bonchev–Trinajstić information content (AvgIpc) is 3.15. The number of carbonyl (C=O) groups excluding carboxylic acids is 1. The zero-order chi connectivity index (χ0) is 26.8. The molecule has 196 valence electrons. The van der Waals surface area contributed by atoms with Gasteiger partial charge in [0.15, 0.2) is 10.8 Å². The summed E-state index contributed by atoms with van der Waals surface area (Å²) in [5.74, 6) is 1.10. The van der Waals surface area contributed by atoms with Gasteiger partial charge in [-0.3, -0.25) is 4.79 Å². The molecule has 0 bridgehead atoms. The van der Waals surface area contributed by atoms with Crippen molar-refractivity contribution in [2.75, 3.05) is 31.4 Å². The number of hydrogen-bond donors (Lipinski definition) is 0. The van der Waals surface area contributed by atoms with Crippen LogP contribution in [0.1, 0.15) is 48.8 Å². The molecule has 1 aliphatic heterocycles. The van der Waals surface area contributed by atoms with E-state index in [-0.39, 0.29) is 10.6 Å². The highest BCUT2D eigenvalue weighted by Gasteiger charge is 2.39. The van der Waals surface area contributed by atoms with Gasteiger partial charge in [-0.25, -0.2) is 18.4 Å². The highest BCUT2D eigenvalue weighted by Crippen LogP contribution is 2.37. The minimum atomic E-state index is -3.99. The fourth-order valence-electron chi connectivity index (χ4n) is 5.06. The van der Waals surface area contributed by atoms with E-state index in [4.69, 9.17) is 9.47 Å². The second kappa shape index (κ2) is 10.5. The van der Waals surface area contributed by atoms with Gasteiger partial charge in [0.1, 0.15) is 23.1 Å². The van der Waals surface area contributed by atoms with Gasteiger partial charge in [0.25, 0.3) is 0 Å². The summed E-state index contributed by atoms with van der Waals surface area (Å²) >= 11 is 0. The van der Waals surface area contributed by atoms with Gasteiger partial charge in [0.2, 0.25) is 9.84 Å². The van der Waals surface area contributed by atoms with E-state index in [0.717, 1.165) is 18.5 Å². The standard InChI is InChI=1S/C28H33N3O5S/c1-19-16-28(2,3)31(17-19)27-23(9-7-13-29-27)24(32)18-37(33,34)26-10-6-8-21(30-26)14-20-15-22(35-4)11-12-25(20)36-5/h6-13,15,19H,14,16-18H2,1-5H3. The van der Waals surface area contributed by atoms with Crippen LogP contribution in [0.5, 0.6) is 11.5 Å². The Balaban J connectivity index is 1.59. The molecule has 0 saturated carbocycles. The van der Waals surface area contributed by atoms with Gasteiger partial charge in [-0.1, -0.05) is 13.0 Å². The molecule has 3 heterocycles. The Labute approximate surface area is 218 Å². The summed E-state index contributed by atoms with van der Waals surface area (Å²) in [5, 5.41) is -0.138. The number of Topliss-reactive ketones (excluding diaryl/α,β-unsaturated/α-hetero) is 1. The van der Waals surface area contributed by atoms with Crippen LogP contribution in [0.4, 0.5) is 5.82 Å². The molecule has 4 rings (SSSR count). The Morgan fingerprint density at radius 2 is 1.89 bits per heavy atom. The van der Waals surface area contributed by atoms with Crippen molar-refractivity contribution in [3.63, 3.8) is 0 Å². The number of ether oxygens (including phenoxy) is 2. The van der Waals surface area contributed by atoms with Crippen molar-refractivity contribution in [1.82, 2.24) is 9.97 Å². The molecule has 0 N–H and O–H groups in total. The minimum absolute atomic E-state index is 0.138.